The number of nitrogens with one attached hydrogen (secondary N) is 5. The van der Waals surface area contributed by atoms with Gasteiger partial charge in [0, 0.05) is 36.6 Å². The molecule has 0 saturated heterocycles. The first kappa shape index (κ1) is 25.0. The van der Waals surface area contributed by atoms with Gasteiger partial charge in [-0.2, -0.15) is 0 Å². The van der Waals surface area contributed by atoms with Gasteiger partial charge >= 0.3 is 5.97 Å². The van der Waals surface area contributed by atoms with E-state index in [1.54, 1.807) is 0 Å². The number of aromatic nitrogens is 4. The van der Waals surface area contributed by atoms with E-state index in [1.807, 2.05) is 0 Å². The number of imidazole rings is 2. The Labute approximate surface area is 187 Å². The molecule has 2 aromatic rings. The molecule has 0 spiro atoms. The number of nitrogens with two attached hydrogens (primary N) is 2. The lowest BCUT2D eigenvalue weighted by Crippen LogP contribution is -2.57. The number of nitrogens with zero attached hydrogens (tertiary/aromatic N) is 2. The molecular formula is C18H25N9O6. The smallest absolute Gasteiger partial charge is 0.322 e. The van der Waals surface area contributed by atoms with Gasteiger partial charge in [-0.15, -0.1) is 0 Å². The average Bonchev–Trinajstić information content (AvgIpc) is 3.44. The molecule has 0 saturated carbocycles. The number of hydrogen-bond donors (Lipinski definition) is 8. The fraction of sp³-hybridized carbons (Fsp3) is 0.389. The van der Waals surface area contributed by atoms with Gasteiger partial charge in [0.2, 0.25) is 23.6 Å². The standard InChI is InChI=1S/C18H25N9O6/c19-11(1-9-4-21-7-24-9)16(31)26-13(3-14(20)28)18(33)27-12(2-10-5-22-8-25-10)17(32)23-6-15(29)30/h4-5,7-8,11-13H,1-3,6,19H2,(H2,20,28)(H,21,24)(H,22,25)(H,23,32)(H,26,31)(H,27,33)(H,29,30). The number of carbonyl (C=O) groups excluding carboxylic acids is 4. The van der Waals surface area contributed by atoms with Crippen molar-refractivity contribution in [1.82, 2.24) is 35.9 Å². The van der Waals surface area contributed by atoms with Crippen molar-refractivity contribution in [2.24, 2.45) is 11.5 Å². The van der Waals surface area contributed by atoms with Crippen molar-refractivity contribution in [3.8, 4) is 0 Å². The molecule has 0 aliphatic heterocycles. The van der Waals surface area contributed by atoms with Crippen LogP contribution in [-0.2, 0) is 36.8 Å². The van der Waals surface area contributed by atoms with Crippen LogP contribution in [0.4, 0.5) is 0 Å². The van der Waals surface area contributed by atoms with Gasteiger partial charge in [-0.1, -0.05) is 0 Å². The minimum atomic E-state index is -1.42. The van der Waals surface area contributed by atoms with Gasteiger partial charge in [0.1, 0.15) is 18.6 Å². The summed E-state index contributed by atoms with van der Waals surface area (Å²) in [4.78, 5) is 73.1. The Morgan fingerprint density at radius 3 is 2.00 bits per heavy atom. The van der Waals surface area contributed by atoms with E-state index in [4.69, 9.17) is 16.6 Å². The Balaban J connectivity index is 2.09. The van der Waals surface area contributed by atoms with Crippen LogP contribution in [0, 0.1) is 0 Å². The van der Waals surface area contributed by atoms with Crippen molar-refractivity contribution in [3.05, 3.63) is 36.4 Å². The average molecular weight is 463 g/mol. The third kappa shape index (κ3) is 8.41. The molecule has 15 nitrogen and oxygen atoms in total. The van der Waals surface area contributed by atoms with Crippen molar-refractivity contribution >= 4 is 29.6 Å². The molecule has 0 radical (unpaired) electrons. The summed E-state index contributed by atoms with van der Waals surface area (Å²) >= 11 is 0. The SMILES string of the molecule is NC(=O)CC(NC(=O)C(N)Cc1cnc[nH]1)C(=O)NC(Cc1cnc[nH]1)C(=O)NCC(=O)O. The van der Waals surface area contributed by atoms with Gasteiger partial charge in [0.05, 0.1) is 25.1 Å². The van der Waals surface area contributed by atoms with Crippen molar-refractivity contribution in [1.29, 1.82) is 0 Å². The molecule has 0 aliphatic rings. The molecule has 0 bridgehead atoms. The van der Waals surface area contributed by atoms with Gasteiger partial charge < -0.3 is 42.5 Å². The maximum Gasteiger partial charge on any atom is 0.322 e. The Hall–Kier alpha value is -4.27. The normalized spacial score (nSPS) is 13.4. The van der Waals surface area contributed by atoms with E-state index >= 15 is 0 Å². The molecule has 4 amide bonds. The second-order valence-corrected chi connectivity index (χ2v) is 7.07. The fourth-order valence-corrected chi connectivity index (χ4v) is 2.80. The first-order valence-electron chi connectivity index (χ1n) is 9.74. The van der Waals surface area contributed by atoms with Crippen molar-refractivity contribution in [2.75, 3.05) is 6.54 Å². The summed E-state index contributed by atoms with van der Waals surface area (Å²) < 4.78 is 0. The van der Waals surface area contributed by atoms with Crippen LogP contribution in [0.25, 0.3) is 0 Å². The number of rotatable bonds is 13. The number of carboxylic acids is 1. The van der Waals surface area contributed by atoms with Crippen LogP contribution in [0.2, 0.25) is 0 Å². The van der Waals surface area contributed by atoms with Gasteiger partial charge in [-0.3, -0.25) is 24.0 Å². The van der Waals surface area contributed by atoms with E-state index in [0.717, 1.165) is 0 Å². The van der Waals surface area contributed by atoms with E-state index < -0.39 is 60.7 Å². The Bertz CT molecular complexity index is 960. The monoisotopic (exact) mass is 463 g/mol. The summed E-state index contributed by atoms with van der Waals surface area (Å²) in [5.41, 5.74) is 12.1. The van der Waals surface area contributed by atoms with E-state index in [1.165, 1.54) is 25.0 Å². The summed E-state index contributed by atoms with van der Waals surface area (Å²) in [6.07, 6.45) is 5.16. The molecule has 10 N–H and O–H groups in total. The number of primary amides is 1. The van der Waals surface area contributed by atoms with Crippen LogP contribution in [0.3, 0.4) is 0 Å². The molecule has 178 valence electrons. The molecular weight excluding hydrogens is 438 g/mol. The maximum absolute atomic E-state index is 12.8. The Morgan fingerprint density at radius 2 is 1.48 bits per heavy atom. The molecule has 2 aromatic heterocycles. The predicted molar refractivity (Wildman–Crippen MR) is 111 cm³/mol. The highest BCUT2D eigenvalue weighted by Gasteiger charge is 2.30. The highest BCUT2D eigenvalue weighted by atomic mass is 16.4. The number of carbonyl (C=O) groups is 5. The van der Waals surface area contributed by atoms with Crippen molar-refractivity contribution < 1.29 is 29.1 Å². The first-order chi connectivity index (χ1) is 15.7. The Morgan fingerprint density at radius 1 is 0.909 bits per heavy atom. The van der Waals surface area contributed by atoms with Crippen molar-refractivity contribution in [3.63, 3.8) is 0 Å². The quantitative estimate of drug-likeness (QED) is 0.145. The van der Waals surface area contributed by atoms with Gasteiger partial charge in [0.25, 0.3) is 0 Å². The summed E-state index contributed by atoms with van der Waals surface area (Å²) in [5, 5.41) is 15.7. The minimum Gasteiger partial charge on any atom is -0.480 e. The van der Waals surface area contributed by atoms with Gasteiger partial charge in [-0.25, -0.2) is 9.97 Å². The molecule has 33 heavy (non-hydrogen) atoms. The molecule has 0 fully saturated rings. The number of H-pyrrole nitrogens is 2. The fourth-order valence-electron chi connectivity index (χ4n) is 2.80. The molecule has 15 heteroatoms. The van der Waals surface area contributed by atoms with Crippen LogP contribution in [0.5, 0.6) is 0 Å². The maximum atomic E-state index is 12.8. The number of aliphatic carboxylic acids is 1. The summed E-state index contributed by atoms with van der Waals surface area (Å²) in [6.45, 7) is -0.669. The van der Waals surface area contributed by atoms with Gasteiger partial charge in [0.15, 0.2) is 0 Å². The molecule has 0 aromatic carbocycles. The first-order valence-corrected chi connectivity index (χ1v) is 9.74. The molecule has 2 heterocycles. The van der Waals surface area contributed by atoms with E-state index in [2.05, 4.69) is 35.9 Å². The Kier molecular flexibility index (Phi) is 9.05. The predicted octanol–water partition coefficient (Wildman–Crippen LogP) is -3.71. The van der Waals surface area contributed by atoms with Crippen LogP contribution in [0.1, 0.15) is 17.8 Å². The number of amides is 4. The number of hydrogen-bond acceptors (Lipinski definition) is 8. The van der Waals surface area contributed by atoms with Gasteiger partial charge in [-0.05, 0) is 0 Å². The molecule has 2 rings (SSSR count). The lowest BCUT2D eigenvalue weighted by Gasteiger charge is -2.23. The van der Waals surface area contributed by atoms with E-state index in [9.17, 15) is 24.0 Å². The van der Waals surface area contributed by atoms with E-state index in [0.29, 0.717) is 11.4 Å². The summed E-state index contributed by atoms with van der Waals surface area (Å²) in [7, 11) is 0. The van der Waals surface area contributed by atoms with E-state index in [-0.39, 0.29) is 12.8 Å². The third-order valence-electron chi connectivity index (χ3n) is 4.40. The molecule has 3 unspecified atom stereocenters. The van der Waals surface area contributed by atoms with Crippen LogP contribution in [-0.4, -0.2) is 79.3 Å². The molecule has 0 aliphatic carbocycles. The zero-order valence-corrected chi connectivity index (χ0v) is 17.4. The summed E-state index contributed by atoms with van der Waals surface area (Å²) in [5.74, 6) is -4.56. The molecule has 3 atom stereocenters. The second kappa shape index (κ2) is 11.9. The zero-order chi connectivity index (χ0) is 24.4. The highest BCUT2D eigenvalue weighted by molar-refractivity contribution is 5.96. The van der Waals surface area contributed by atoms with Crippen molar-refractivity contribution in [2.45, 2.75) is 37.4 Å². The second-order valence-electron chi connectivity index (χ2n) is 7.07. The zero-order valence-electron chi connectivity index (χ0n) is 17.4. The summed E-state index contributed by atoms with van der Waals surface area (Å²) in [6, 6.07) is -3.71. The number of carboxylic acid groups (broad SMARTS) is 1. The lowest BCUT2D eigenvalue weighted by atomic mass is 10.1. The topological polar surface area (TPSA) is 251 Å². The largest absolute Gasteiger partial charge is 0.480 e. The lowest BCUT2D eigenvalue weighted by molar-refractivity contribution is -0.138. The van der Waals surface area contributed by atoms with Crippen LogP contribution >= 0.6 is 0 Å². The highest BCUT2D eigenvalue weighted by Crippen LogP contribution is 2.03. The van der Waals surface area contributed by atoms with Crippen LogP contribution in [0.15, 0.2) is 25.0 Å². The van der Waals surface area contributed by atoms with Crippen LogP contribution < -0.4 is 27.4 Å². The number of aromatic amines is 2. The third-order valence-corrected chi connectivity index (χ3v) is 4.40. The minimum absolute atomic E-state index is 0.0617.